The van der Waals surface area contributed by atoms with Gasteiger partial charge in [-0.25, -0.2) is 0 Å². The number of aliphatic carboxylic acids is 1. The molecule has 3 aliphatic rings. The van der Waals surface area contributed by atoms with E-state index in [1.807, 2.05) is 36.4 Å². The van der Waals surface area contributed by atoms with Gasteiger partial charge in [-0.2, -0.15) is 0 Å². The van der Waals surface area contributed by atoms with E-state index in [1.165, 1.54) is 0 Å². The summed E-state index contributed by atoms with van der Waals surface area (Å²) in [5.74, 6) is -1.11. The number of carbonyl (C=O) groups is 3. The molecule has 0 aromatic heterocycles. The summed E-state index contributed by atoms with van der Waals surface area (Å²) in [6.07, 6.45) is 3.26. The number of ether oxygens (including phenoxy) is 1. The van der Waals surface area contributed by atoms with Gasteiger partial charge in [0.25, 0.3) is 0 Å². The minimum absolute atomic E-state index is 0.0403. The maximum absolute atomic E-state index is 13.5. The number of carboxylic acid groups (broad SMARTS) is 1. The molecule has 0 radical (unpaired) electrons. The Morgan fingerprint density at radius 1 is 0.892 bits per heavy atom. The Balaban J connectivity index is 1.68. The predicted octanol–water partition coefficient (Wildman–Crippen LogP) is 7.05. The number of benzene rings is 2. The van der Waals surface area contributed by atoms with Gasteiger partial charge in [-0.3, -0.25) is 14.4 Å². The van der Waals surface area contributed by atoms with Crippen molar-refractivity contribution in [1.29, 1.82) is 0 Å². The number of Topliss-reactive ketones (excluding diaryl/α,β-unsaturated/α-hetero) is 2. The molecule has 0 atom stereocenters. The molecule has 0 unspecified atom stereocenters. The van der Waals surface area contributed by atoms with Crippen molar-refractivity contribution < 1.29 is 24.2 Å². The fourth-order valence-electron chi connectivity index (χ4n) is 5.54. The highest BCUT2D eigenvalue weighted by atomic mass is 79.9. The summed E-state index contributed by atoms with van der Waals surface area (Å²) in [5, 5.41) is 9.68. The van der Waals surface area contributed by atoms with E-state index in [-0.39, 0.29) is 18.1 Å². The molecular formula is C28H24Br3NO5. The highest BCUT2D eigenvalue weighted by Crippen LogP contribution is 2.52. The summed E-state index contributed by atoms with van der Waals surface area (Å²) in [6.45, 7) is 0.0398. The Morgan fingerprint density at radius 3 is 2.05 bits per heavy atom. The average molecular weight is 694 g/mol. The van der Waals surface area contributed by atoms with Crippen molar-refractivity contribution in [2.75, 3.05) is 6.54 Å². The number of ketones is 2. The summed E-state index contributed by atoms with van der Waals surface area (Å²) in [7, 11) is 0. The van der Waals surface area contributed by atoms with Gasteiger partial charge < -0.3 is 14.7 Å². The minimum Gasteiger partial charge on any atom is -0.487 e. The molecule has 1 N–H and O–H groups in total. The van der Waals surface area contributed by atoms with E-state index in [4.69, 9.17) is 4.74 Å². The molecule has 1 aliphatic heterocycles. The van der Waals surface area contributed by atoms with E-state index >= 15 is 0 Å². The van der Waals surface area contributed by atoms with Crippen LogP contribution in [0.5, 0.6) is 5.75 Å². The van der Waals surface area contributed by atoms with Gasteiger partial charge in [-0.15, -0.1) is 0 Å². The van der Waals surface area contributed by atoms with Gasteiger partial charge in [0, 0.05) is 55.8 Å². The number of rotatable bonds is 6. The number of hydrogen-bond donors (Lipinski definition) is 1. The van der Waals surface area contributed by atoms with Gasteiger partial charge in [0.2, 0.25) is 0 Å². The summed E-state index contributed by atoms with van der Waals surface area (Å²) < 4.78 is 8.83. The Labute approximate surface area is 240 Å². The number of allylic oxidation sites excluding steroid dienone is 4. The van der Waals surface area contributed by atoms with Gasteiger partial charge in [-0.1, -0.05) is 44.0 Å². The van der Waals surface area contributed by atoms with Gasteiger partial charge in [0.15, 0.2) is 11.6 Å². The van der Waals surface area contributed by atoms with E-state index in [9.17, 15) is 19.5 Å². The average Bonchev–Trinajstić information content (AvgIpc) is 2.85. The molecule has 9 heteroatoms. The standard InChI is InChI=1S/C28H24Br3NO5/c29-16-9-7-15(8-10-16)14-37-28-18(11-17(30)12-19(28)31)25-26-20(3-1-5-22(26)33)32(13-24(35)36)21-4-2-6-23(34)27(21)25/h7-12,25H,1-6,13-14H2,(H,35,36). The highest BCUT2D eigenvalue weighted by Gasteiger charge is 2.44. The normalized spacial score (nSPS) is 18.2. The molecule has 5 rings (SSSR count). The van der Waals surface area contributed by atoms with Crippen LogP contribution in [0.4, 0.5) is 0 Å². The Morgan fingerprint density at radius 2 is 1.49 bits per heavy atom. The van der Waals surface area contributed by atoms with Gasteiger partial charge >= 0.3 is 5.97 Å². The first-order valence-electron chi connectivity index (χ1n) is 12.1. The zero-order valence-corrected chi connectivity index (χ0v) is 24.6. The number of nitrogens with zero attached hydrogens (tertiary/aromatic N) is 1. The molecule has 0 fully saturated rings. The fourth-order valence-corrected chi connectivity index (χ4v) is 7.17. The third-order valence-corrected chi connectivity index (χ3v) is 8.60. The van der Waals surface area contributed by atoms with Crippen molar-refractivity contribution in [3.8, 4) is 5.75 Å². The zero-order valence-electron chi connectivity index (χ0n) is 19.9. The maximum atomic E-state index is 13.5. The van der Waals surface area contributed by atoms with Crippen molar-refractivity contribution in [2.24, 2.45) is 0 Å². The molecule has 6 nitrogen and oxygen atoms in total. The minimum atomic E-state index is -0.989. The Kier molecular flexibility index (Phi) is 7.75. The first-order chi connectivity index (χ1) is 17.7. The van der Waals surface area contributed by atoms with E-state index in [1.54, 1.807) is 4.90 Å². The molecular weight excluding hydrogens is 670 g/mol. The lowest BCUT2D eigenvalue weighted by Gasteiger charge is -2.43. The summed E-state index contributed by atoms with van der Waals surface area (Å²) in [6, 6.07) is 11.6. The lowest BCUT2D eigenvalue weighted by Crippen LogP contribution is -2.41. The van der Waals surface area contributed by atoms with Crippen LogP contribution in [-0.4, -0.2) is 34.1 Å². The number of halogens is 3. The molecule has 1 heterocycles. The number of hydrogen-bond acceptors (Lipinski definition) is 5. The molecule has 0 saturated carbocycles. The largest absolute Gasteiger partial charge is 0.487 e. The summed E-state index contributed by atoms with van der Waals surface area (Å²) in [4.78, 5) is 40.5. The van der Waals surface area contributed by atoms with Crippen molar-refractivity contribution in [2.45, 2.75) is 51.0 Å². The number of carbonyl (C=O) groups excluding carboxylic acids is 2. The first-order valence-corrected chi connectivity index (χ1v) is 14.5. The second-order valence-corrected chi connectivity index (χ2v) is 12.1. The van der Waals surface area contributed by atoms with Crippen LogP contribution in [0.3, 0.4) is 0 Å². The van der Waals surface area contributed by atoms with E-state index in [0.29, 0.717) is 66.5 Å². The molecule has 2 aromatic rings. The third kappa shape index (κ3) is 5.22. The second-order valence-electron chi connectivity index (χ2n) is 9.41. The monoisotopic (exact) mass is 691 g/mol. The van der Waals surface area contributed by atoms with E-state index < -0.39 is 11.9 Å². The lowest BCUT2D eigenvalue weighted by atomic mass is 9.70. The van der Waals surface area contributed by atoms with Crippen LogP contribution in [0.2, 0.25) is 0 Å². The van der Waals surface area contributed by atoms with Crippen LogP contribution in [0.1, 0.15) is 55.6 Å². The van der Waals surface area contributed by atoms with Crippen LogP contribution < -0.4 is 4.74 Å². The van der Waals surface area contributed by atoms with Crippen molar-refractivity contribution in [3.05, 3.63) is 83.5 Å². The predicted molar refractivity (Wildman–Crippen MR) is 149 cm³/mol. The van der Waals surface area contributed by atoms with Gasteiger partial charge in [-0.05, 0) is 71.4 Å². The van der Waals surface area contributed by atoms with Crippen LogP contribution in [0, 0.1) is 0 Å². The zero-order chi connectivity index (χ0) is 26.3. The topological polar surface area (TPSA) is 83.9 Å². The van der Waals surface area contributed by atoms with Crippen molar-refractivity contribution in [3.63, 3.8) is 0 Å². The first kappa shape index (κ1) is 26.4. The molecule has 0 saturated heterocycles. The fraction of sp³-hybridized carbons (Fsp3) is 0.321. The molecule has 2 aliphatic carbocycles. The smallest absolute Gasteiger partial charge is 0.323 e. The number of carboxylic acids is 1. The van der Waals surface area contributed by atoms with E-state index in [2.05, 4.69) is 47.8 Å². The van der Waals surface area contributed by atoms with Gasteiger partial charge in [0.1, 0.15) is 18.9 Å². The van der Waals surface area contributed by atoms with Crippen molar-refractivity contribution >= 4 is 65.3 Å². The lowest BCUT2D eigenvalue weighted by molar-refractivity contribution is -0.138. The SMILES string of the molecule is O=C(O)CN1C2=C(C(=O)CCC2)C(c2cc(Br)cc(Br)c2OCc2ccc(Br)cc2)C2=C1CCCC2=O. The summed E-state index contributed by atoms with van der Waals surface area (Å²) >= 11 is 10.7. The van der Waals surface area contributed by atoms with Gasteiger partial charge in [0.05, 0.1) is 4.47 Å². The maximum Gasteiger partial charge on any atom is 0.323 e. The van der Waals surface area contributed by atoms with Crippen LogP contribution in [0.15, 0.2) is 72.4 Å². The molecule has 2 aromatic carbocycles. The molecule has 0 spiro atoms. The highest BCUT2D eigenvalue weighted by molar-refractivity contribution is 9.11. The second kappa shape index (κ2) is 10.9. The van der Waals surface area contributed by atoms with Crippen molar-refractivity contribution in [1.82, 2.24) is 4.90 Å². The van der Waals surface area contributed by atoms with E-state index in [0.717, 1.165) is 31.5 Å². The quantitative estimate of drug-likeness (QED) is 0.349. The molecule has 0 bridgehead atoms. The summed E-state index contributed by atoms with van der Waals surface area (Å²) in [5.41, 5.74) is 4.21. The van der Waals surface area contributed by atoms with Crippen LogP contribution >= 0.6 is 47.8 Å². The third-order valence-electron chi connectivity index (χ3n) is 7.02. The Bertz CT molecular complexity index is 1320. The molecule has 0 amide bonds. The molecule has 37 heavy (non-hydrogen) atoms. The Hall–Kier alpha value is -2.23. The molecule has 192 valence electrons. The van der Waals surface area contributed by atoms with Crippen LogP contribution in [0.25, 0.3) is 0 Å². The van der Waals surface area contributed by atoms with Crippen LogP contribution in [-0.2, 0) is 21.0 Å².